The Bertz CT molecular complexity index is 766. The molecule has 5 rings (SSSR count). The molecule has 0 radical (unpaired) electrons. The summed E-state index contributed by atoms with van der Waals surface area (Å²) in [4.78, 5) is 0. The molecular formula is C24H33O7-. The molecule has 3 heterocycles. The molecule has 8 atom stereocenters. The first-order valence-corrected chi connectivity index (χ1v) is 11.4. The van der Waals surface area contributed by atoms with Gasteiger partial charge in [-0.15, -0.1) is 0 Å². The molecule has 1 unspecified atom stereocenters. The summed E-state index contributed by atoms with van der Waals surface area (Å²) in [7, 11) is 0. The second-order valence-electron chi connectivity index (χ2n) is 10.1. The Balaban J connectivity index is 1.33. The molecule has 0 spiro atoms. The van der Waals surface area contributed by atoms with E-state index >= 15 is 0 Å². The van der Waals surface area contributed by atoms with E-state index in [0.717, 1.165) is 12.0 Å². The fourth-order valence-corrected chi connectivity index (χ4v) is 5.63. The van der Waals surface area contributed by atoms with Crippen molar-refractivity contribution < 1.29 is 33.5 Å². The SMILES string of the molecule is CC1(C)O[C@@H]2[C@@H]([C@H]3COC(C)(C)O3)[C@H](C[C@H]3OC(c4ccccc4)OC[C@@H]3[O-])C[C@@H]2O1. The lowest BCUT2D eigenvalue weighted by Crippen LogP contribution is -2.50. The summed E-state index contributed by atoms with van der Waals surface area (Å²) >= 11 is 0. The van der Waals surface area contributed by atoms with Gasteiger partial charge in [-0.05, 0) is 46.5 Å². The van der Waals surface area contributed by atoms with Gasteiger partial charge in [0.1, 0.15) is 0 Å². The average Bonchev–Trinajstić information content (AvgIpc) is 3.32. The van der Waals surface area contributed by atoms with Gasteiger partial charge in [0.05, 0.1) is 31.0 Å². The zero-order valence-electron chi connectivity index (χ0n) is 18.7. The van der Waals surface area contributed by atoms with Crippen LogP contribution >= 0.6 is 0 Å². The van der Waals surface area contributed by atoms with Crippen molar-refractivity contribution in [1.29, 1.82) is 0 Å². The molecule has 0 aromatic heterocycles. The number of benzene rings is 1. The monoisotopic (exact) mass is 433 g/mol. The van der Waals surface area contributed by atoms with Crippen LogP contribution in [0, 0.1) is 11.8 Å². The van der Waals surface area contributed by atoms with Gasteiger partial charge in [-0.1, -0.05) is 36.4 Å². The van der Waals surface area contributed by atoms with Crippen molar-refractivity contribution in [3.63, 3.8) is 0 Å². The van der Waals surface area contributed by atoms with Gasteiger partial charge in [0.15, 0.2) is 17.9 Å². The van der Waals surface area contributed by atoms with Crippen LogP contribution in [0.15, 0.2) is 30.3 Å². The van der Waals surface area contributed by atoms with Gasteiger partial charge < -0.3 is 33.5 Å². The minimum absolute atomic E-state index is 0.00725. The van der Waals surface area contributed by atoms with E-state index in [-0.39, 0.29) is 36.8 Å². The van der Waals surface area contributed by atoms with E-state index < -0.39 is 30.1 Å². The number of hydrogen-bond acceptors (Lipinski definition) is 7. The zero-order valence-corrected chi connectivity index (χ0v) is 18.7. The van der Waals surface area contributed by atoms with E-state index in [1.807, 2.05) is 58.0 Å². The van der Waals surface area contributed by atoms with Gasteiger partial charge >= 0.3 is 0 Å². The molecule has 0 bridgehead atoms. The van der Waals surface area contributed by atoms with E-state index in [4.69, 9.17) is 28.4 Å². The van der Waals surface area contributed by atoms with Crippen LogP contribution in [-0.2, 0) is 28.4 Å². The highest BCUT2D eigenvalue weighted by molar-refractivity contribution is 5.16. The highest BCUT2D eigenvalue weighted by Crippen LogP contribution is 2.50. The minimum Gasteiger partial charge on any atom is -0.848 e. The van der Waals surface area contributed by atoms with Gasteiger partial charge in [-0.3, -0.25) is 0 Å². The van der Waals surface area contributed by atoms with Crippen LogP contribution < -0.4 is 5.11 Å². The molecule has 4 aliphatic rings. The minimum atomic E-state index is -0.920. The maximum atomic E-state index is 12.8. The molecule has 1 aromatic carbocycles. The predicted molar refractivity (Wildman–Crippen MR) is 109 cm³/mol. The normalized spacial score (nSPS) is 43.8. The molecule has 1 saturated carbocycles. The van der Waals surface area contributed by atoms with E-state index in [1.165, 1.54) is 0 Å². The summed E-state index contributed by atoms with van der Waals surface area (Å²) in [6.07, 6.45) is -0.585. The van der Waals surface area contributed by atoms with Crippen LogP contribution in [0.4, 0.5) is 0 Å². The topological polar surface area (TPSA) is 78.4 Å². The van der Waals surface area contributed by atoms with E-state index in [1.54, 1.807) is 0 Å². The average molecular weight is 434 g/mol. The van der Waals surface area contributed by atoms with Crippen LogP contribution in [-0.4, -0.2) is 55.3 Å². The lowest BCUT2D eigenvalue weighted by atomic mass is 9.84. The standard InChI is InChI=1S/C24H33O7/c1-23(2)27-13-19(30-23)20-15(11-18-21(20)31-24(3,4)29-18)10-17-16(25)12-26-22(28-17)14-8-6-5-7-9-14/h5-9,15-22H,10-13H2,1-4H3/q-1/t15-,16+,17-,18+,19-,20-,21+,22?/m1/s1. The third-order valence-corrected chi connectivity index (χ3v) is 6.87. The van der Waals surface area contributed by atoms with Gasteiger partial charge in [0, 0.05) is 18.1 Å². The highest BCUT2D eigenvalue weighted by atomic mass is 16.8. The number of hydrogen-bond donors (Lipinski definition) is 0. The summed E-state index contributed by atoms with van der Waals surface area (Å²) in [6, 6.07) is 9.78. The van der Waals surface area contributed by atoms with Gasteiger partial charge in [-0.25, -0.2) is 0 Å². The first-order valence-electron chi connectivity index (χ1n) is 11.4. The van der Waals surface area contributed by atoms with Crippen molar-refractivity contribution in [1.82, 2.24) is 0 Å². The molecule has 4 fully saturated rings. The molecule has 7 heteroatoms. The van der Waals surface area contributed by atoms with Crippen LogP contribution in [0.5, 0.6) is 0 Å². The van der Waals surface area contributed by atoms with Crippen LogP contribution in [0.1, 0.15) is 52.4 Å². The molecule has 3 aliphatic heterocycles. The Morgan fingerprint density at radius 1 is 0.935 bits per heavy atom. The number of rotatable bonds is 4. The van der Waals surface area contributed by atoms with Crippen molar-refractivity contribution in [2.75, 3.05) is 13.2 Å². The Kier molecular flexibility index (Phi) is 5.66. The number of ether oxygens (including phenoxy) is 6. The van der Waals surface area contributed by atoms with Crippen molar-refractivity contribution in [2.45, 2.75) is 88.9 Å². The van der Waals surface area contributed by atoms with Gasteiger partial charge in [-0.2, -0.15) is 0 Å². The van der Waals surface area contributed by atoms with Crippen LogP contribution in [0.2, 0.25) is 0 Å². The molecule has 7 nitrogen and oxygen atoms in total. The van der Waals surface area contributed by atoms with Crippen molar-refractivity contribution in [2.24, 2.45) is 11.8 Å². The summed E-state index contributed by atoms with van der Waals surface area (Å²) in [5.74, 6) is -0.953. The quantitative estimate of drug-likeness (QED) is 0.722. The first kappa shape index (κ1) is 21.8. The predicted octanol–water partition coefficient (Wildman–Crippen LogP) is 2.53. The Morgan fingerprint density at radius 2 is 1.68 bits per heavy atom. The first-order chi connectivity index (χ1) is 14.7. The molecular weight excluding hydrogens is 400 g/mol. The van der Waals surface area contributed by atoms with Crippen molar-refractivity contribution >= 4 is 0 Å². The lowest BCUT2D eigenvalue weighted by Gasteiger charge is -2.42. The summed E-state index contributed by atoms with van der Waals surface area (Å²) in [5.41, 5.74) is 0.932. The van der Waals surface area contributed by atoms with E-state index in [2.05, 4.69) is 0 Å². The summed E-state index contributed by atoms with van der Waals surface area (Å²) in [5, 5.41) is 12.8. The van der Waals surface area contributed by atoms with E-state index in [9.17, 15) is 5.11 Å². The van der Waals surface area contributed by atoms with E-state index in [0.29, 0.717) is 13.0 Å². The fourth-order valence-electron chi connectivity index (χ4n) is 5.63. The van der Waals surface area contributed by atoms with Crippen LogP contribution in [0.25, 0.3) is 0 Å². The highest BCUT2D eigenvalue weighted by Gasteiger charge is 2.57. The third-order valence-electron chi connectivity index (χ3n) is 6.87. The third kappa shape index (κ3) is 4.42. The van der Waals surface area contributed by atoms with Crippen molar-refractivity contribution in [3.8, 4) is 0 Å². The second kappa shape index (κ2) is 8.06. The maximum absolute atomic E-state index is 12.8. The largest absolute Gasteiger partial charge is 0.848 e. The van der Waals surface area contributed by atoms with Crippen LogP contribution in [0.3, 0.4) is 0 Å². The Morgan fingerprint density at radius 3 is 2.39 bits per heavy atom. The molecule has 1 aromatic rings. The number of fused-ring (bicyclic) bond motifs is 1. The molecule has 31 heavy (non-hydrogen) atoms. The van der Waals surface area contributed by atoms with Crippen molar-refractivity contribution in [3.05, 3.63) is 35.9 Å². The molecule has 172 valence electrons. The lowest BCUT2D eigenvalue weighted by molar-refractivity contribution is -0.475. The molecule has 0 amide bonds. The van der Waals surface area contributed by atoms with Gasteiger partial charge in [0.25, 0.3) is 0 Å². The molecule has 3 saturated heterocycles. The Hall–Kier alpha value is -1.06. The smallest absolute Gasteiger partial charge is 0.184 e. The second-order valence-corrected chi connectivity index (χ2v) is 10.1. The Labute approximate surface area is 183 Å². The van der Waals surface area contributed by atoms with Gasteiger partial charge in [0.2, 0.25) is 0 Å². The maximum Gasteiger partial charge on any atom is 0.184 e. The fraction of sp³-hybridized carbons (Fsp3) is 0.750. The zero-order chi connectivity index (χ0) is 21.8. The molecule has 0 N–H and O–H groups in total. The summed E-state index contributed by atoms with van der Waals surface area (Å²) < 4.78 is 36.5. The summed E-state index contributed by atoms with van der Waals surface area (Å²) in [6.45, 7) is 8.43. The molecule has 1 aliphatic carbocycles.